The molecule has 29 heavy (non-hydrogen) atoms. The molecule has 0 bridgehead atoms. The highest BCUT2D eigenvalue weighted by molar-refractivity contribution is 5.88. The predicted molar refractivity (Wildman–Crippen MR) is 112 cm³/mol. The van der Waals surface area contributed by atoms with Crippen molar-refractivity contribution in [3.8, 4) is 0 Å². The van der Waals surface area contributed by atoms with Crippen molar-refractivity contribution in [2.75, 3.05) is 20.1 Å². The number of aromatic nitrogens is 3. The van der Waals surface area contributed by atoms with Crippen molar-refractivity contribution in [1.82, 2.24) is 25.0 Å². The summed E-state index contributed by atoms with van der Waals surface area (Å²) in [5, 5.41) is 10.8. The first-order valence-corrected chi connectivity index (χ1v) is 10.1. The molecule has 6 heteroatoms. The van der Waals surface area contributed by atoms with Gasteiger partial charge in [0.15, 0.2) is 0 Å². The van der Waals surface area contributed by atoms with Crippen LogP contribution in [0.2, 0.25) is 0 Å². The van der Waals surface area contributed by atoms with Gasteiger partial charge in [-0.15, -0.1) is 10.2 Å². The number of rotatable bonds is 8. The fourth-order valence-electron chi connectivity index (χ4n) is 4.15. The third-order valence-corrected chi connectivity index (χ3v) is 5.94. The normalized spacial score (nSPS) is 14.7. The molecule has 0 atom stereocenters. The van der Waals surface area contributed by atoms with Crippen LogP contribution in [0.3, 0.4) is 0 Å². The van der Waals surface area contributed by atoms with E-state index in [1.807, 2.05) is 10.6 Å². The van der Waals surface area contributed by atoms with Crippen molar-refractivity contribution in [1.29, 1.82) is 0 Å². The molecule has 1 aromatic heterocycles. The molecule has 4 rings (SSSR count). The molecule has 1 aliphatic carbocycles. The van der Waals surface area contributed by atoms with Crippen LogP contribution in [0.15, 0.2) is 67.3 Å². The Bertz CT molecular complexity index is 914. The van der Waals surface area contributed by atoms with E-state index in [-0.39, 0.29) is 5.91 Å². The standard InChI is InChI=1S/C23H27N5O/c1-27(13-11-19-7-3-2-4-8-19)23(15-20-9-5-6-10-21(20)16-23)22(29)24-12-14-28-17-25-26-18-28/h2-10,17-18H,11-16H2,1H3,(H,24,29). The number of hydrogen-bond acceptors (Lipinski definition) is 4. The number of nitrogens with zero attached hydrogens (tertiary/aromatic N) is 4. The highest BCUT2D eigenvalue weighted by Gasteiger charge is 2.46. The molecule has 3 aromatic rings. The molecule has 0 fully saturated rings. The zero-order valence-corrected chi connectivity index (χ0v) is 16.8. The van der Waals surface area contributed by atoms with Crippen molar-refractivity contribution in [2.24, 2.45) is 0 Å². The van der Waals surface area contributed by atoms with Gasteiger partial charge in [0.05, 0.1) is 0 Å². The number of carbonyl (C=O) groups is 1. The summed E-state index contributed by atoms with van der Waals surface area (Å²) in [6.45, 7) is 2.05. The van der Waals surface area contributed by atoms with E-state index in [0.29, 0.717) is 13.1 Å². The molecule has 1 amide bonds. The van der Waals surface area contributed by atoms with Crippen molar-refractivity contribution in [3.05, 3.63) is 83.9 Å². The lowest BCUT2D eigenvalue weighted by atomic mass is 9.91. The Balaban J connectivity index is 1.47. The van der Waals surface area contributed by atoms with Crippen molar-refractivity contribution >= 4 is 5.91 Å². The average Bonchev–Trinajstić information content (AvgIpc) is 3.41. The molecule has 0 aliphatic heterocycles. The number of nitrogens with one attached hydrogen (secondary N) is 1. The summed E-state index contributed by atoms with van der Waals surface area (Å²) in [6, 6.07) is 18.9. The quantitative estimate of drug-likeness (QED) is 0.641. The lowest BCUT2D eigenvalue weighted by molar-refractivity contribution is -0.132. The van der Waals surface area contributed by atoms with Gasteiger partial charge in [0.1, 0.15) is 18.2 Å². The number of likely N-dealkylation sites (N-methyl/N-ethyl adjacent to an activating group) is 1. The van der Waals surface area contributed by atoms with Gasteiger partial charge in [0.2, 0.25) is 5.91 Å². The van der Waals surface area contributed by atoms with Crippen LogP contribution in [-0.4, -0.2) is 51.2 Å². The average molecular weight is 390 g/mol. The Hall–Kier alpha value is -2.99. The van der Waals surface area contributed by atoms with Gasteiger partial charge >= 0.3 is 0 Å². The van der Waals surface area contributed by atoms with E-state index in [0.717, 1.165) is 25.8 Å². The summed E-state index contributed by atoms with van der Waals surface area (Å²) in [4.78, 5) is 15.7. The summed E-state index contributed by atoms with van der Waals surface area (Å²) in [5.41, 5.74) is 3.28. The van der Waals surface area contributed by atoms with Crippen LogP contribution in [-0.2, 0) is 30.6 Å². The SMILES string of the molecule is CN(CCc1ccccc1)C1(C(=O)NCCn2cnnc2)Cc2ccccc2C1. The van der Waals surface area contributed by atoms with E-state index in [1.54, 1.807) is 12.7 Å². The molecule has 0 unspecified atom stereocenters. The smallest absolute Gasteiger partial charge is 0.241 e. The molecule has 0 spiro atoms. The number of fused-ring (bicyclic) bond motifs is 1. The van der Waals surface area contributed by atoms with E-state index in [2.05, 4.69) is 76.0 Å². The fraction of sp³-hybridized carbons (Fsp3) is 0.348. The molecular weight excluding hydrogens is 362 g/mol. The van der Waals surface area contributed by atoms with Gasteiger partial charge in [-0.1, -0.05) is 54.6 Å². The first-order valence-electron chi connectivity index (χ1n) is 10.1. The summed E-state index contributed by atoms with van der Waals surface area (Å²) >= 11 is 0. The maximum absolute atomic E-state index is 13.4. The van der Waals surface area contributed by atoms with Crippen molar-refractivity contribution in [2.45, 2.75) is 31.3 Å². The Morgan fingerprint density at radius 1 is 1.03 bits per heavy atom. The first-order chi connectivity index (χ1) is 14.2. The Morgan fingerprint density at radius 2 is 1.66 bits per heavy atom. The second-order valence-corrected chi connectivity index (χ2v) is 7.77. The number of carbonyl (C=O) groups excluding carboxylic acids is 1. The van der Waals surface area contributed by atoms with Gasteiger partial charge in [-0.3, -0.25) is 9.69 Å². The lowest BCUT2D eigenvalue weighted by Gasteiger charge is -2.37. The van der Waals surface area contributed by atoms with Gasteiger partial charge in [0.25, 0.3) is 0 Å². The van der Waals surface area contributed by atoms with Crippen LogP contribution < -0.4 is 5.32 Å². The highest BCUT2D eigenvalue weighted by atomic mass is 16.2. The van der Waals surface area contributed by atoms with Crippen LogP contribution in [0, 0.1) is 0 Å². The van der Waals surface area contributed by atoms with E-state index in [1.165, 1.54) is 16.7 Å². The Morgan fingerprint density at radius 3 is 2.31 bits per heavy atom. The van der Waals surface area contributed by atoms with Gasteiger partial charge in [-0.05, 0) is 30.2 Å². The minimum Gasteiger partial charge on any atom is -0.353 e. The van der Waals surface area contributed by atoms with Crippen LogP contribution in [0.4, 0.5) is 0 Å². The second kappa shape index (κ2) is 8.57. The van der Waals surface area contributed by atoms with Gasteiger partial charge in [-0.25, -0.2) is 0 Å². The molecule has 0 radical (unpaired) electrons. The fourth-order valence-corrected chi connectivity index (χ4v) is 4.15. The van der Waals surface area contributed by atoms with Crippen LogP contribution in [0.25, 0.3) is 0 Å². The molecule has 0 saturated carbocycles. The van der Waals surface area contributed by atoms with Crippen molar-refractivity contribution in [3.63, 3.8) is 0 Å². The highest BCUT2D eigenvalue weighted by Crippen LogP contribution is 2.34. The minimum absolute atomic E-state index is 0.0948. The second-order valence-electron chi connectivity index (χ2n) is 7.77. The maximum atomic E-state index is 13.4. The molecule has 1 N–H and O–H groups in total. The van der Waals surface area contributed by atoms with Gasteiger partial charge < -0.3 is 9.88 Å². The number of benzene rings is 2. The van der Waals surface area contributed by atoms with Gasteiger partial charge in [-0.2, -0.15) is 0 Å². The van der Waals surface area contributed by atoms with Crippen LogP contribution in [0.5, 0.6) is 0 Å². The third-order valence-electron chi connectivity index (χ3n) is 5.94. The Kier molecular flexibility index (Phi) is 5.71. The summed E-state index contributed by atoms with van der Waals surface area (Å²) < 4.78 is 1.87. The topological polar surface area (TPSA) is 63.1 Å². The molecule has 1 aliphatic rings. The maximum Gasteiger partial charge on any atom is 0.241 e. The zero-order valence-electron chi connectivity index (χ0n) is 16.8. The molecular formula is C23H27N5O. The largest absolute Gasteiger partial charge is 0.353 e. The molecule has 6 nitrogen and oxygen atoms in total. The number of hydrogen-bond donors (Lipinski definition) is 1. The van der Waals surface area contributed by atoms with E-state index >= 15 is 0 Å². The summed E-state index contributed by atoms with van der Waals surface area (Å²) in [5.74, 6) is 0.0948. The van der Waals surface area contributed by atoms with E-state index in [4.69, 9.17) is 0 Å². The molecule has 0 saturated heterocycles. The number of amides is 1. The predicted octanol–water partition coefficient (Wildman–Crippen LogP) is 2.11. The van der Waals surface area contributed by atoms with E-state index in [9.17, 15) is 4.79 Å². The molecule has 1 heterocycles. The van der Waals surface area contributed by atoms with Crippen LogP contribution in [0.1, 0.15) is 16.7 Å². The monoisotopic (exact) mass is 389 g/mol. The Labute approximate surface area is 171 Å². The van der Waals surface area contributed by atoms with E-state index < -0.39 is 5.54 Å². The molecule has 2 aromatic carbocycles. The molecule has 150 valence electrons. The van der Waals surface area contributed by atoms with Gasteiger partial charge in [0, 0.05) is 32.5 Å². The van der Waals surface area contributed by atoms with Crippen molar-refractivity contribution < 1.29 is 4.79 Å². The zero-order chi connectivity index (χ0) is 20.1. The summed E-state index contributed by atoms with van der Waals surface area (Å²) in [6.07, 6.45) is 5.74. The summed E-state index contributed by atoms with van der Waals surface area (Å²) in [7, 11) is 2.08. The van der Waals surface area contributed by atoms with Crippen LogP contribution >= 0.6 is 0 Å². The third kappa shape index (κ3) is 4.22. The lowest BCUT2D eigenvalue weighted by Crippen LogP contribution is -2.59. The first kappa shape index (κ1) is 19.3. The minimum atomic E-state index is -0.550.